The lowest BCUT2D eigenvalue weighted by Crippen LogP contribution is -2.23. The Hall–Kier alpha value is -2.08. The van der Waals surface area contributed by atoms with Crippen LogP contribution in [0.4, 0.5) is 5.69 Å². The molecule has 0 fully saturated rings. The molecule has 19 heavy (non-hydrogen) atoms. The Morgan fingerprint density at radius 1 is 1.53 bits per heavy atom. The van der Waals surface area contributed by atoms with Crippen LogP contribution < -0.4 is 15.8 Å². The quantitative estimate of drug-likeness (QED) is 0.838. The van der Waals surface area contributed by atoms with E-state index in [1.165, 1.54) is 11.3 Å². The van der Waals surface area contributed by atoms with Gasteiger partial charge < -0.3 is 15.8 Å². The first-order chi connectivity index (χ1) is 9.10. The smallest absolute Gasteiger partial charge is 0.253 e. The van der Waals surface area contributed by atoms with Crippen molar-refractivity contribution in [3.05, 3.63) is 39.8 Å². The molecule has 1 heterocycles. The monoisotopic (exact) mass is 277 g/mol. The van der Waals surface area contributed by atoms with Crippen molar-refractivity contribution in [1.82, 2.24) is 10.3 Å². The summed E-state index contributed by atoms with van der Waals surface area (Å²) < 4.78 is 5.04. The van der Waals surface area contributed by atoms with E-state index in [1.54, 1.807) is 25.3 Å². The van der Waals surface area contributed by atoms with Crippen LogP contribution in [0.2, 0.25) is 0 Å². The van der Waals surface area contributed by atoms with Gasteiger partial charge in [-0.3, -0.25) is 4.79 Å². The van der Waals surface area contributed by atoms with Crippen molar-refractivity contribution in [1.29, 1.82) is 0 Å². The fraction of sp³-hybridized carbons (Fsp3) is 0.231. The number of ether oxygens (including phenoxy) is 1. The maximum Gasteiger partial charge on any atom is 0.253 e. The topological polar surface area (TPSA) is 77.2 Å². The molecule has 100 valence electrons. The average Bonchev–Trinajstić information content (AvgIpc) is 2.81. The molecule has 0 saturated carbocycles. The van der Waals surface area contributed by atoms with E-state index in [0.29, 0.717) is 23.5 Å². The predicted octanol–water partition coefficient (Wildman–Crippen LogP) is 1.97. The molecule has 1 aromatic carbocycles. The maximum absolute atomic E-state index is 12.0. The Morgan fingerprint density at radius 2 is 2.32 bits per heavy atom. The molecule has 2 aromatic rings. The Labute approximate surface area is 115 Å². The molecule has 0 aliphatic carbocycles. The highest BCUT2D eigenvalue weighted by Crippen LogP contribution is 2.19. The highest BCUT2D eigenvalue weighted by atomic mass is 32.1. The van der Waals surface area contributed by atoms with Crippen molar-refractivity contribution in [2.45, 2.75) is 13.5 Å². The van der Waals surface area contributed by atoms with Crippen molar-refractivity contribution in [2.75, 3.05) is 12.8 Å². The number of methoxy groups -OCH3 is 1. The molecule has 3 N–H and O–H groups in total. The summed E-state index contributed by atoms with van der Waals surface area (Å²) >= 11 is 1.52. The third-order valence-electron chi connectivity index (χ3n) is 2.57. The summed E-state index contributed by atoms with van der Waals surface area (Å²) in [4.78, 5) is 16.3. The molecule has 0 spiro atoms. The number of carbonyl (C=O) groups excluding carboxylic acids is 1. The van der Waals surface area contributed by atoms with E-state index >= 15 is 0 Å². The van der Waals surface area contributed by atoms with Gasteiger partial charge in [-0.15, -0.1) is 11.3 Å². The number of thiazole rings is 1. The average molecular weight is 277 g/mol. The molecule has 0 aliphatic rings. The van der Waals surface area contributed by atoms with Gasteiger partial charge >= 0.3 is 0 Å². The van der Waals surface area contributed by atoms with Crippen LogP contribution in [-0.4, -0.2) is 18.0 Å². The minimum absolute atomic E-state index is 0.215. The van der Waals surface area contributed by atoms with E-state index in [1.807, 2.05) is 12.3 Å². The van der Waals surface area contributed by atoms with E-state index < -0.39 is 0 Å². The van der Waals surface area contributed by atoms with Crippen LogP contribution in [0.25, 0.3) is 0 Å². The number of nitrogen functional groups attached to an aromatic ring is 1. The van der Waals surface area contributed by atoms with Gasteiger partial charge in [-0.05, 0) is 19.1 Å². The zero-order valence-electron chi connectivity index (χ0n) is 10.8. The van der Waals surface area contributed by atoms with Gasteiger partial charge in [0, 0.05) is 22.8 Å². The Bertz CT molecular complexity index is 595. The maximum atomic E-state index is 12.0. The van der Waals surface area contributed by atoms with E-state index in [2.05, 4.69) is 10.3 Å². The van der Waals surface area contributed by atoms with Gasteiger partial charge in [0.1, 0.15) is 10.8 Å². The Balaban J connectivity index is 2.03. The number of rotatable bonds is 4. The first kappa shape index (κ1) is 13.4. The van der Waals surface area contributed by atoms with Crippen LogP contribution in [-0.2, 0) is 6.54 Å². The first-order valence-electron chi connectivity index (χ1n) is 5.73. The van der Waals surface area contributed by atoms with Gasteiger partial charge in [-0.25, -0.2) is 4.98 Å². The van der Waals surface area contributed by atoms with Crippen LogP contribution in [0, 0.1) is 6.92 Å². The number of benzene rings is 1. The minimum Gasteiger partial charge on any atom is -0.497 e. The van der Waals surface area contributed by atoms with Crippen LogP contribution in [0.1, 0.15) is 21.1 Å². The summed E-state index contributed by atoms with van der Waals surface area (Å²) in [6.45, 7) is 2.33. The number of anilines is 1. The molecule has 1 aromatic heterocycles. The highest BCUT2D eigenvalue weighted by Gasteiger charge is 2.10. The summed E-state index contributed by atoms with van der Waals surface area (Å²) in [6, 6.07) is 4.98. The zero-order valence-corrected chi connectivity index (χ0v) is 11.6. The number of amides is 1. The predicted molar refractivity (Wildman–Crippen MR) is 75.4 cm³/mol. The van der Waals surface area contributed by atoms with E-state index in [9.17, 15) is 4.79 Å². The van der Waals surface area contributed by atoms with Gasteiger partial charge in [-0.2, -0.15) is 0 Å². The summed E-state index contributed by atoms with van der Waals surface area (Å²) in [5, 5.41) is 5.62. The third kappa shape index (κ3) is 3.23. The van der Waals surface area contributed by atoms with Crippen LogP contribution in [0.15, 0.2) is 23.6 Å². The normalized spacial score (nSPS) is 10.2. The lowest BCUT2D eigenvalue weighted by Gasteiger charge is -2.08. The number of hydrogen-bond acceptors (Lipinski definition) is 5. The number of carbonyl (C=O) groups is 1. The standard InChI is InChI=1S/C13H15N3O2S/c1-8-7-19-12(16-8)6-15-13(17)10-4-3-9(18-2)5-11(10)14/h3-5,7H,6,14H2,1-2H3,(H,15,17). The van der Waals surface area contributed by atoms with E-state index in [-0.39, 0.29) is 5.91 Å². The molecule has 1 amide bonds. The molecule has 0 aliphatic heterocycles. The zero-order chi connectivity index (χ0) is 13.8. The molecule has 0 atom stereocenters. The van der Waals surface area contributed by atoms with Gasteiger partial charge in [0.15, 0.2) is 0 Å². The number of hydrogen-bond donors (Lipinski definition) is 2. The molecule has 5 nitrogen and oxygen atoms in total. The van der Waals surface area contributed by atoms with Crippen molar-refractivity contribution in [3.8, 4) is 5.75 Å². The highest BCUT2D eigenvalue weighted by molar-refractivity contribution is 7.09. The molecular formula is C13H15N3O2S. The third-order valence-corrected chi connectivity index (χ3v) is 3.54. The largest absolute Gasteiger partial charge is 0.497 e. The molecule has 6 heteroatoms. The van der Waals surface area contributed by atoms with E-state index in [4.69, 9.17) is 10.5 Å². The summed E-state index contributed by atoms with van der Waals surface area (Å²) in [7, 11) is 1.55. The second-order valence-electron chi connectivity index (χ2n) is 4.02. The van der Waals surface area contributed by atoms with Crippen molar-refractivity contribution >= 4 is 22.9 Å². The molecule has 0 saturated heterocycles. The number of nitrogens with one attached hydrogen (secondary N) is 1. The van der Waals surface area contributed by atoms with Gasteiger partial charge in [0.25, 0.3) is 5.91 Å². The fourth-order valence-electron chi connectivity index (χ4n) is 1.61. The fourth-order valence-corrected chi connectivity index (χ4v) is 2.32. The minimum atomic E-state index is -0.215. The van der Waals surface area contributed by atoms with Gasteiger partial charge in [0.2, 0.25) is 0 Å². The summed E-state index contributed by atoms with van der Waals surface area (Å²) in [5.41, 5.74) is 7.61. The molecule has 0 bridgehead atoms. The molecular weight excluding hydrogens is 262 g/mol. The number of nitrogens with zero attached hydrogens (tertiary/aromatic N) is 1. The first-order valence-corrected chi connectivity index (χ1v) is 6.61. The second-order valence-corrected chi connectivity index (χ2v) is 4.96. The second kappa shape index (κ2) is 5.71. The van der Waals surface area contributed by atoms with Gasteiger partial charge in [0.05, 0.1) is 19.2 Å². The molecule has 0 unspecified atom stereocenters. The Morgan fingerprint density at radius 3 is 2.89 bits per heavy atom. The molecule has 2 rings (SSSR count). The van der Waals surface area contributed by atoms with Crippen LogP contribution >= 0.6 is 11.3 Å². The van der Waals surface area contributed by atoms with Crippen LogP contribution in [0.5, 0.6) is 5.75 Å². The number of aromatic nitrogens is 1. The van der Waals surface area contributed by atoms with Crippen LogP contribution in [0.3, 0.4) is 0 Å². The van der Waals surface area contributed by atoms with Crippen molar-refractivity contribution in [3.63, 3.8) is 0 Å². The summed E-state index contributed by atoms with van der Waals surface area (Å²) in [6.07, 6.45) is 0. The molecule has 0 radical (unpaired) electrons. The summed E-state index contributed by atoms with van der Waals surface area (Å²) in [5.74, 6) is 0.414. The lowest BCUT2D eigenvalue weighted by molar-refractivity contribution is 0.0951. The van der Waals surface area contributed by atoms with E-state index in [0.717, 1.165) is 10.7 Å². The number of aryl methyl sites for hydroxylation is 1. The van der Waals surface area contributed by atoms with Crippen molar-refractivity contribution < 1.29 is 9.53 Å². The number of nitrogens with two attached hydrogens (primary N) is 1. The lowest BCUT2D eigenvalue weighted by atomic mass is 10.1. The van der Waals surface area contributed by atoms with Crippen molar-refractivity contribution in [2.24, 2.45) is 0 Å². The SMILES string of the molecule is COc1ccc(C(=O)NCc2nc(C)cs2)c(N)c1. The Kier molecular flexibility index (Phi) is 4.01. The van der Waals surface area contributed by atoms with Gasteiger partial charge in [-0.1, -0.05) is 0 Å².